The maximum absolute atomic E-state index is 6.04. The first kappa shape index (κ1) is 13.8. The van der Waals surface area contributed by atoms with Crippen LogP contribution in [0.3, 0.4) is 0 Å². The van der Waals surface area contributed by atoms with Crippen LogP contribution in [-0.4, -0.2) is 6.17 Å². The van der Waals surface area contributed by atoms with E-state index in [1.165, 1.54) is 11.1 Å². The van der Waals surface area contributed by atoms with Gasteiger partial charge in [-0.2, -0.15) is 0 Å². The van der Waals surface area contributed by atoms with Gasteiger partial charge >= 0.3 is 0 Å². The van der Waals surface area contributed by atoms with E-state index in [0.717, 1.165) is 12.8 Å². The van der Waals surface area contributed by atoms with Gasteiger partial charge in [-0.15, -0.1) is 0 Å². The predicted molar refractivity (Wildman–Crippen MR) is 80.6 cm³/mol. The Balaban J connectivity index is 2.18. The molecule has 0 radical (unpaired) electrons. The van der Waals surface area contributed by atoms with Gasteiger partial charge in [0.05, 0.1) is 6.17 Å². The van der Waals surface area contributed by atoms with E-state index >= 15 is 0 Å². The van der Waals surface area contributed by atoms with Crippen LogP contribution in [0.1, 0.15) is 18.1 Å². The Morgan fingerprint density at radius 2 is 1.16 bits per heavy atom. The van der Waals surface area contributed by atoms with Crippen molar-refractivity contribution in [3.63, 3.8) is 0 Å². The predicted octanol–water partition coefficient (Wildman–Crippen LogP) is 2.72. The number of rotatable bonds is 5. The molecule has 0 spiro atoms. The van der Waals surface area contributed by atoms with E-state index in [0.29, 0.717) is 0 Å². The molecule has 2 aromatic rings. The van der Waals surface area contributed by atoms with Gasteiger partial charge in [0.25, 0.3) is 0 Å². The quantitative estimate of drug-likeness (QED) is 0.806. The third-order valence-electron chi connectivity index (χ3n) is 3.71. The molecule has 2 aromatic carbocycles. The Hall–Kier alpha value is -1.64. The van der Waals surface area contributed by atoms with E-state index in [-0.39, 0.29) is 11.6 Å². The van der Waals surface area contributed by atoms with Crippen molar-refractivity contribution in [3.05, 3.63) is 71.8 Å². The number of benzene rings is 2. The Morgan fingerprint density at radius 3 is 1.47 bits per heavy atom. The lowest BCUT2D eigenvalue weighted by Gasteiger charge is -2.33. The molecule has 0 aliphatic carbocycles. The second kappa shape index (κ2) is 6.00. The van der Waals surface area contributed by atoms with E-state index in [9.17, 15) is 0 Å². The molecular weight excluding hydrogens is 232 g/mol. The topological polar surface area (TPSA) is 52.0 Å². The smallest absolute Gasteiger partial charge is 0.0582 e. The zero-order valence-corrected chi connectivity index (χ0v) is 11.4. The fourth-order valence-corrected chi connectivity index (χ4v) is 2.42. The SMILES string of the molecule is CC(Cc1ccccc1)(Cc1ccccc1)C(N)N. The van der Waals surface area contributed by atoms with Crippen LogP contribution in [-0.2, 0) is 12.8 Å². The van der Waals surface area contributed by atoms with E-state index in [1.807, 2.05) is 12.1 Å². The first-order valence-corrected chi connectivity index (χ1v) is 6.69. The average molecular weight is 254 g/mol. The van der Waals surface area contributed by atoms with Crippen LogP contribution in [0, 0.1) is 5.41 Å². The molecule has 4 N–H and O–H groups in total. The second-order valence-corrected chi connectivity index (χ2v) is 5.50. The van der Waals surface area contributed by atoms with Crippen molar-refractivity contribution in [1.82, 2.24) is 0 Å². The van der Waals surface area contributed by atoms with Crippen LogP contribution < -0.4 is 11.5 Å². The van der Waals surface area contributed by atoms with Crippen molar-refractivity contribution in [2.45, 2.75) is 25.9 Å². The van der Waals surface area contributed by atoms with E-state index < -0.39 is 0 Å². The molecular formula is C17H22N2. The molecule has 0 atom stereocenters. The van der Waals surface area contributed by atoms with Crippen LogP contribution in [0.5, 0.6) is 0 Å². The Labute approximate surface area is 115 Å². The molecule has 0 heterocycles. The minimum atomic E-state index is -0.340. The monoisotopic (exact) mass is 254 g/mol. The average Bonchev–Trinajstić information content (AvgIpc) is 2.40. The lowest BCUT2D eigenvalue weighted by atomic mass is 9.76. The van der Waals surface area contributed by atoms with Crippen LogP contribution in [0.4, 0.5) is 0 Å². The van der Waals surface area contributed by atoms with Crippen molar-refractivity contribution >= 4 is 0 Å². The van der Waals surface area contributed by atoms with Gasteiger partial charge < -0.3 is 11.5 Å². The van der Waals surface area contributed by atoms with E-state index in [2.05, 4.69) is 55.5 Å². The summed E-state index contributed by atoms with van der Waals surface area (Å²) < 4.78 is 0. The third kappa shape index (κ3) is 3.66. The zero-order chi connectivity index (χ0) is 13.7. The molecule has 2 rings (SSSR count). The highest BCUT2D eigenvalue weighted by atomic mass is 14.9. The molecule has 0 amide bonds. The van der Waals surface area contributed by atoms with Gasteiger partial charge in [0.15, 0.2) is 0 Å². The third-order valence-corrected chi connectivity index (χ3v) is 3.71. The minimum Gasteiger partial charge on any atom is -0.316 e. The zero-order valence-electron chi connectivity index (χ0n) is 11.4. The molecule has 0 aliphatic heterocycles. The first-order chi connectivity index (χ1) is 9.10. The summed E-state index contributed by atoms with van der Waals surface area (Å²) in [5.41, 5.74) is 14.5. The molecule has 100 valence electrons. The van der Waals surface area contributed by atoms with Gasteiger partial charge in [-0.3, -0.25) is 0 Å². The van der Waals surface area contributed by atoms with Gasteiger partial charge in [0.2, 0.25) is 0 Å². The highest BCUT2D eigenvalue weighted by Crippen LogP contribution is 2.28. The second-order valence-electron chi connectivity index (χ2n) is 5.50. The van der Waals surface area contributed by atoms with Crippen molar-refractivity contribution in [3.8, 4) is 0 Å². The molecule has 0 fully saturated rings. The molecule has 0 aromatic heterocycles. The molecule has 0 saturated heterocycles. The van der Waals surface area contributed by atoms with Gasteiger partial charge in [-0.05, 0) is 24.0 Å². The Morgan fingerprint density at radius 1 is 0.789 bits per heavy atom. The molecule has 19 heavy (non-hydrogen) atoms. The molecule has 0 saturated carbocycles. The standard InChI is InChI=1S/C17H22N2/c1-17(16(18)19,12-14-8-4-2-5-9-14)13-15-10-6-3-7-11-15/h2-11,16H,12-13,18-19H2,1H3. The summed E-state index contributed by atoms with van der Waals surface area (Å²) in [6, 6.07) is 20.8. The number of hydrogen-bond acceptors (Lipinski definition) is 2. The molecule has 0 aliphatic rings. The van der Waals surface area contributed by atoms with Crippen LogP contribution in [0.25, 0.3) is 0 Å². The normalized spacial score (nSPS) is 11.8. The fraction of sp³-hybridized carbons (Fsp3) is 0.294. The summed E-state index contributed by atoms with van der Waals surface area (Å²) in [6.07, 6.45) is 1.44. The summed E-state index contributed by atoms with van der Waals surface area (Å²) in [7, 11) is 0. The summed E-state index contributed by atoms with van der Waals surface area (Å²) in [4.78, 5) is 0. The summed E-state index contributed by atoms with van der Waals surface area (Å²) in [6.45, 7) is 2.16. The first-order valence-electron chi connectivity index (χ1n) is 6.69. The lowest BCUT2D eigenvalue weighted by molar-refractivity contribution is 0.252. The van der Waals surface area contributed by atoms with Gasteiger partial charge in [-0.1, -0.05) is 67.6 Å². The van der Waals surface area contributed by atoms with E-state index in [1.54, 1.807) is 0 Å². The Kier molecular flexibility index (Phi) is 4.35. The summed E-state index contributed by atoms with van der Waals surface area (Å²) in [5.74, 6) is 0. The van der Waals surface area contributed by atoms with Crippen molar-refractivity contribution < 1.29 is 0 Å². The molecule has 0 bridgehead atoms. The van der Waals surface area contributed by atoms with Crippen molar-refractivity contribution in [1.29, 1.82) is 0 Å². The minimum absolute atomic E-state index is 0.136. The van der Waals surface area contributed by atoms with Gasteiger partial charge in [-0.25, -0.2) is 0 Å². The maximum atomic E-state index is 6.04. The summed E-state index contributed by atoms with van der Waals surface area (Å²) in [5, 5.41) is 0. The Bertz CT molecular complexity index is 450. The maximum Gasteiger partial charge on any atom is 0.0582 e. The van der Waals surface area contributed by atoms with Crippen molar-refractivity contribution in [2.75, 3.05) is 0 Å². The molecule has 2 nitrogen and oxygen atoms in total. The van der Waals surface area contributed by atoms with Gasteiger partial charge in [0.1, 0.15) is 0 Å². The fourth-order valence-electron chi connectivity index (χ4n) is 2.42. The number of hydrogen-bond donors (Lipinski definition) is 2. The van der Waals surface area contributed by atoms with Crippen LogP contribution in [0.2, 0.25) is 0 Å². The molecule has 2 heteroatoms. The van der Waals surface area contributed by atoms with Gasteiger partial charge in [0, 0.05) is 5.41 Å². The van der Waals surface area contributed by atoms with E-state index in [4.69, 9.17) is 11.5 Å². The highest BCUT2D eigenvalue weighted by molar-refractivity contribution is 5.21. The van der Waals surface area contributed by atoms with Crippen LogP contribution >= 0.6 is 0 Å². The lowest BCUT2D eigenvalue weighted by Crippen LogP contribution is -2.49. The van der Waals surface area contributed by atoms with Crippen LogP contribution in [0.15, 0.2) is 60.7 Å². The molecule has 0 unspecified atom stereocenters. The largest absolute Gasteiger partial charge is 0.316 e. The van der Waals surface area contributed by atoms with Crippen molar-refractivity contribution in [2.24, 2.45) is 16.9 Å². The number of nitrogens with two attached hydrogens (primary N) is 2. The summed E-state index contributed by atoms with van der Waals surface area (Å²) >= 11 is 0. The highest BCUT2D eigenvalue weighted by Gasteiger charge is 2.30.